The van der Waals surface area contributed by atoms with Gasteiger partial charge in [-0.15, -0.1) is 17.7 Å². The summed E-state index contributed by atoms with van der Waals surface area (Å²) in [6.45, 7) is 0. The van der Waals surface area contributed by atoms with Gasteiger partial charge in [-0.1, -0.05) is 42.5 Å². The Labute approximate surface area is 122 Å². The normalized spacial score (nSPS) is 11.2. The summed E-state index contributed by atoms with van der Waals surface area (Å²) in [5, 5.41) is 10.4. The number of nitrogens with two attached hydrogens (primary N) is 1. The maximum Gasteiger partial charge on any atom is 0.110 e. The van der Waals surface area contributed by atoms with E-state index < -0.39 is 0 Å². The van der Waals surface area contributed by atoms with Gasteiger partial charge in [-0.05, 0) is 23.6 Å². The topological polar surface area (TPSA) is 50.7 Å². The zero-order chi connectivity index (χ0) is 13.9. The quantitative estimate of drug-likeness (QED) is 0.381. The van der Waals surface area contributed by atoms with Crippen molar-refractivity contribution in [2.45, 2.75) is 4.90 Å². The Morgan fingerprint density at radius 2 is 1.45 bits per heavy atom. The van der Waals surface area contributed by atoms with Crippen LogP contribution in [0.25, 0.3) is 10.8 Å². The van der Waals surface area contributed by atoms with E-state index in [-0.39, 0.29) is 0 Å². The number of azo groups is 1. The lowest BCUT2D eigenvalue weighted by Gasteiger charge is -2.07. The molecule has 0 saturated carbocycles. The molecule has 0 fully saturated rings. The van der Waals surface area contributed by atoms with E-state index in [1.807, 2.05) is 60.7 Å². The van der Waals surface area contributed by atoms with Gasteiger partial charge in [0, 0.05) is 10.3 Å². The first kappa shape index (κ1) is 12.7. The van der Waals surface area contributed by atoms with Crippen LogP contribution in [-0.2, 0) is 0 Å². The molecule has 0 spiro atoms. The van der Waals surface area contributed by atoms with Gasteiger partial charge in [-0.2, -0.15) is 5.11 Å². The largest absolute Gasteiger partial charge is 0.396 e. The minimum absolute atomic E-state index is 0.623. The number of rotatable bonds is 2. The lowest BCUT2D eigenvalue weighted by molar-refractivity contribution is 1.23. The molecule has 0 amide bonds. The number of anilines is 1. The van der Waals surface area contributed by atoms with Crippen molar-refractivity contribution < 1.29 is 0 Å². The first-order chi connectivity index (χ1) is 9.75. The number of benzene rings is 3. The van der Waals surface area contributed by atoms with Crippen LogP contribution in [0, 0.1) is 0 Å². The van der Waals surface area contributed by atoms with Crippen LogP contribution in [0.15, 0.2) is 75.8 Å². The molecule has 4 heteroatoms. The van der Waals surface area contributed by atoms with Crippen LogP contribution in [0.5, 0.6) is 0 Å². The van der Waals surface area contributed by atoms with Crippen molar-refractivity contribution >= 4 is 40.5 Å². The highest BCUT2D eigenvalue weighted by Crippen LogP contribution is 2.36. The Balaban J connectivity index is 2.09. The third kappa shape index (κ3) is 2.38. The Kier molecular flexibility index (Phi) is 3.39. The molecule has 0 atom stereocenters. The lowest BCUT2D eigenvalue weighted by Crippen LogP contribution is -1.88. The van der Waals surface area contributed by atoms with E-state index in [1.165, 1.54) is 0 Å². The molecule has 20 heavy (non-hydrogen) atoms. The maximum atomic E-state index is 6.16. The zero-order valence-electron chi connectivity index (χ0n) is 10.7. The number of thiol groups is 1. The number of hydrogen-bond donors (Lipinski definition) is 2. The van der Waals surface area contributed by atoms with Gasteiger partial charge in [0.1, 0.15) is 5.69 Å². The molecule has 0 heterocycles. The second kappa shape index (κ2) is 5.35. The van der Waals surface area contributed by atoms with Crippen molar-refractivity contribution in [2.24, 2.45) is 10.2 Å². The van der Waals surface area contributed by atoms with Gasteiger partial charge in [0.25, 0.3) is 0 Å². The molecule has 3 nitrogen and oxygen atoms in total. The van der Waals surface area contributed by atoms with E-state index in [4.69, 9.17) is 5.73 Å². The average Bonchev–Trinajstić information content (AvgIpc) is 2.50. The molecule has 0 bridgehead atoms. The fraction of sp³-hybridized carbons (Fsp3) is 0. The van der Waals surface area contributed by atoms with Crippen LogP contribution in [0.1, 0.15) is 0 Å². The summed E-state index contributed by atoms with van der Waals surface area (Å²) in [6.07, 6.45) is 0. The number of fused-ring (bicyclic) bond motifs is 1. The van der Waals surface area contributed by atoms with Gasteiger partial charge in [-0.3, -0.25) is 0 Å². The molecule has 3 rings (SSSR count). The summed E-state index contributed by atoms with van der Waals surface area (Å²) >= 11 is 4.49. The second-order valence-electron chi connectivity index (χ2n) is 4.41. The molecule has 3 aromatic carbocycles. The summed E-state index contributed by atoms with van der Waals surface area (Å²) in [7, 11) is 0. The van der Waals surface area contributed by atoms with E-state index in [1.54, 1.807) is 0 Å². The van der Waals surface area contributed by atoms with Crippen LogP contribution in [0.3, 0.4) is 0 Å². The van der Waals surface area contributed by atoms with Crippen molar-refractivity contribution in [1.29, 1.82) is 0 Å². The Bertz CT molecular complexity index is 782. The van der Waals surface area contributed by atoms with Crippen LogP contribution < -0.4 is 5.73 Å². The highest BCUT2D eigenvalue weighted by molar-refractivity contribution is 7.80. The highest BCUT2D eigenvalue weighted by atomic mass is 32.1. The van der Waals surface area contributed by atoms with Gasteiger partial charge in [-0.25, -0.2) is 0 Å². The molecule has 98 valence electrons. The summed E-state index contributed by atoms with van der Waals surface area (Å²) in [4.78, 5) is 0.844. The van der Waals surface area contributed by atoms with Gasteiger partial charge < -0.3 is 5.73 Å². The molecule has 0 aromatic heterocycles. The Morgan fingerprint density at radius 1 is 0.800 bits per heavy atom. The minimum atomic E-state index is 0.623. The van der Waals surface area contributed by atoms with Crippen molar-refractivity contribution in [2.75, 3.05) is 5.73 Å². The second-order valence-corrected chi connectivity index (χ2v) is 4.89. The monoisotopic (exact) mass is 279 g/mol. The van der Waals surface area contributed by atoms with Gasteiger partial charge in [0.2, 0.25) is 0 Å². The number of nitrogen functional groups attached to an aromatic ring is 1. The third-order valence-electron chi connectivity index (χ3n) is 3.07. The van der Waals surface area contributed by atoms with Crippen LogP contribution >= 0.6 is 12.6 Å². The summed E-state index contributed by atoms with van der Waals surface area (Å²) in [5.41, 5.74) is 8.22. The fourth-order valence-electron chi connectivity index (χ4n) is 2.05. The Hall–Kier alpha value is -2.33. The fourth-order valence-corrected chi connectivity index (χ4v) is 2.37. The first-order valence-corrected chi connectivity index (χ1v) is 6.67. The lowest BCUT2D eigenvalue weighted by atomic mass is 10.1. The smallest absolute Gasteiger partial charge is 0.110 e. The molecule has 0 saturated heterocycles. The van der Waals surface area contributed by atoms with Gasteiger partial charge in [0.05, 0.1) is 11.4 Å². The standard InChI is InChI=1S/C16H13N3S/c17-16-13-9-5-4-8-12(13)15(20)10-14(16)19-18-11-6-2-1-3-7-11/h1-10,20H,17H2. The van der Waals surface area contributed by atoms with Crippen molar-refractivity contribution in [1.82, 2.24) is 0 Å². The molecule has 0 radical (unpaired) electrons. The molecule has 0 aliphatic rings. The zero-order valence-corrected chi connectivity index (χ0v) is 11.6. The van der Waals surface area contributed by atoms with Gasteiger partial charge in [0.15, 0.2) is 0 Å². The predicted molar refractivity (Wildman–Crippen MR) is 86.2 cm³/mol. The molecular weight excluding hydrogens is 266 g/mol. The van der Waals surface area contributed by atoms with Crippen LogP contribution in [-0.4, -0.2) is 0 Å². The first-order valence-electron chi connectivity index (χ1n) is 6.22. The third-order valence-corrected chi connectivity index (χ3v) is 3.44. The van der Waals surface area contributed by atoms with E-state index in [0.717, 1.165) is 21.4 Å². The van der Waals surface area contributed by atoms with E-state index in [0.29, 0.717) is 11.4 Å². The van der Waals surface area contributed by atoms with Gasteiger partial charge >= 0.3 is 0 Å². The Morgan fingerprint density at radius 3 is 2.20 bits per heavy atom. The van der Waals surface area contributed by atoms with E-state index >= 15 is 0 Å². The average molecular weight is 279 g/mol. The molecule has 3 aromatic rings. The molecule has 2 N–H and O–H groups in total. The van der Waals surface area contributed by atoms with E-state index in [2.05, 4.69) is 22.9 Å². The van der Waals surface area contributed by atoms with Crippen LogP contribution in [0.2, 0.25) is 0 Å². The summed E-state index contributed by atoms with van der Waals surface area (Å²) in [5.74, 6) is 0. The highest BCUT2D eigenvalue weighted by Gasteiger charge is 2.07. The van der Waals surface area contributed by atoms with Crippen molar-refractivity contribution in [3.63, 3.8) is 0 Å². The summed E-state index contributed by atoms with van der Waals surface area (Å²) < 4.78 is 0. The molecular formula is C16H13N3S. The SMILES string of the molecule is Nc1c(N=Nc2ccccc2)cc(S)c2ccccc12. The van der Waals surface area contributed by atoms with Crippen molar-refractivity contribution in [3.8, 4) is 0 Å². The summed E-state index contributed by atoms with van der Waals surface area (Å²) in [6, 6.07) is 19.3. The maximum absolute atomic E-state index is 6.16. The minimum Gasteiger partial charge on any atom is -0.396 e. The number of nitrogens with zero attached hydrogens (tertiary/aromatic N) is 2. The molecule has 0 aliphatic heterocycles. The molecule has 0 aliphatic carbocycles. The van der Waals surface area contributed by atoms with Crippen LogP contribution in [0.4, 0.5) is 17.1 Å². The molecule has 0 unspecified atom stereocenters. The predicted octanol–water partition coefficient (Wildman–Crippen LogP) is 5.13. The van der Waals surface area contributed by atoms with Crippen molar-refractivity contribution in [3.05, 3.63) is 60.7 Å². The van der Waals surface area contributed by atoms with E-state index in [9.17, 15) is 0 Å². The number of hydrogen-bond acceptors (Lipinski definition) is 4.